The van der Waals surface area contributed by atoms with Gasteiger partial charge in [0.05, 0.1) is 4.92 Å². The third kappa shape index (κ3) is 3.53. The van der Waals surface area contributed by atoms with Crippen LogP contribution in [0.2, 0.25) is 0 Å². The van der Waals surface area contributed by atoms with Crippen molar-refractivity contribution in [2.45, 2.75) is 31.7 Å². The lowest BCUT2D eigenvalue weighted by Crippen LogP contribution is -2.37. The molecule has 1 aromatic carbocycles. The topological polar surface area (TPSA) is 101 Å². The maximum Gasteiger partial charge on any atom is 0.289 e. The normalized spacial score (nSPS) is 13.2. The number of nitro groups is 1. The quantitative estimate of drug-likeness (QED) is 0.605. The standard InChI is InChI=1S/C12H19N3O4S/c1-8-5-6-11(15(16)17)12(10(8)3)20(18,19)14-7-9(2)13-4/h5-6,9,13-14H,7H2,1-4H3. The fourth-order valence-electron chi connectivity index (χ4n) is 1.67. The van der Waals surface area contributed by atoms with Crippen LogP contribution in [0.5, 0.6) is 0 Å². The predicted molar refractivity (Wildman–Crippen MR) is 76.3 cm³/mol. The lowest BCUT2D eigenvalue weighted by Gasteiger charge is -2.14. The Morgan fingerprint density at radius 3 is 2.45 bits per heavy atom. The number of benzene rings is 1. The molecule has 0 spiro atoms. The second-order valence-electron chi connectivity index (χ2n) is 4.65. The van der Waals surface area contributed by atoms with Crippen molar-refractivity contribution in [1.82, 2.24) is 10.0 Å². The lowest BCUT2D eigenvalue weighted by atomic mass is 10.1. The van der Waals surface area contributed by atoms with Gasteiger partial charge in [-0.05, 0) is 38.9 Å². The van der Waals surface area contributed by atoms with E-state index in [2.05, 4.69) is 10.0 Å². The first-order valence-electron chi connectivity index (χ1n) is 6.12. The summed E-state index contributed by atoms with van der Waals surface area (Å²) >= 11 is 0. The Hall–Kier alpha value is -1.51. The predicted octanol–water partition coefficient (Wildman–Crippen LogP) is 1.10. The third-order valence-corrected chi connectivity index (χ3v) is 4.79. The Bertz CT molecular complexity index is 613. The van der Waals surface area contributed by atoms with Crippen molar-refractivity contribution in [2.24, 2.45) is 0 Å². The number of nitrogens with zero attached hydrogens (tertiary/aromatic N) is 1. The van der Waals surface area contributed by atoms with E-state index in [1.165, 1.54) is 6.07 Å². The van der Waals surface area contributed by atoms with Crippen LogP contribution in [-0.2, 0) is 10.0 Å². The summed E-state index contributed by atoms with van der Waals surface area (Å²) in [5.74, 6) is 0. The van der Waals surface area contributed by atoms with E-state index >= 15 is 0 Å². The van der Waals surface area contributed by atoms with E-state index in [0.717, 1.165) is 0 Å². The van der Waals surface area contributed by atoms with Crippen LogP contribution in [0.15, 0.2) is 17.0 Å². The molecule has 0 amide bonds. The van der Waals surface area contributed by atoms with Crippen molar-refractivity contribution in [3.8, 4) is 0 Å². The minimum absolute atomic E-state index is 0.0750. The Balaban J connectivity index is 3.30. The number of rotatable bonds is 6. The van der Waals surface area contributed by atoms with Gasteiger partial charge in [0.1, 0.15) is 0 Å². The molecule has 1 unspecified atom stereocenters. The van der Waals surface area contributed by atoms with Crippen molar-refractivity contribution < 1.29 is 13.3 Å². The summed E-state index contributed by atoms with van der Waals surface area (Å²) in [6.07, 6.45) is 0. The molecule has 0 bridgehead atoms. The highest BCUT2D eigenvalue weighted by molar-refractivity contribution is 7.89. The molecule has 0 fully saturated rings. The molecular weight excluding hydrogens is 282 g/mol. The Kier molecular flexibility index (Phi) is 5.21. The number of hydrogen-bond acceptors (Lipinski definition) is 5. The molecule has 0 aliphatic rings. The fraction of sp³-hybridized carbons (Fsp3) is 0.500. The van der Waals surface area contributed by atoms with E-state index in [4.69, 9.17) is 0 Å². The van der Waals surface area contributed by atoms with Gasteiger partial charge in [-0.3, -0.25) is 10.1 Å². The van der Waals surface area contributed by atoms with E-state index in [1.807, 2.05) is 0 Å². The Morgan fingerprint density at radius 1 is 1.35 bits per heavy atom. The van der Waals surface area contributed by atoms with Crippen LogP contribution in [-0.4, -0.2) is 33.0 Å². The molecule has 112 valence electrons. The molecule has 2 N–H and O–H groups in total. The highest BCUT2D eigenvalue weighted by Gasteiger charge is 2.28. The second kappa shape index (κ2) is 6.29. The van der Waals surface area contributed by atoms with Gasteiger partial charge in [-0.1, -0.05) is 6.07 Å². The molecule has 0 aliphatic carbocycles. The van der Waals surface area contributed by atoms with Crippen LogP contribution >= 0.6 is 0 Å². The molecule has 1 rings (SSSR count). The zero-order valence-electron chi connectivity index (χ0n) is 11.9. The highest BCUT2D eigenvalue weighted by atomic mass is 32.2. The largest absolute Gasteiger partial charge is 0.316 e. The number of nitro benzene ring substituents is 1. The van der Waals surface area contributed by atoms with Gasteiger partial charge >= 0.3 is 0 Å². The zero-order valence-corrected chi connectivity index (χ0v) is 12.7. The molecule has 0 saturated carbocycles. The SMILES string of the molecule is CNC(C)CNS(=O)(=O)c1c([N+](=O)[O-])ccc(C)c1C. The minimum Gasteiger partial charge on any atom is -0.316 e. The molecule has 0 aromatic heterocycles. The van der Waals surface area contributed by atoms with Crippen molar-refractivity contribution in [3.63, 3.8) is 0 Å². The second-order valence-corrected chi connectivity index (χ2v) is 6.36. The molecule has 0 heterocycles. The van der Waals surface area contributed by atoms with Crippen molar-refractivity contribution in [2.75, 3.05) is 13.6 Å². The number of likely N-dealkylation sites (N-methyl/N-ethyl adjacent to an activating group) is 1. The molecule has 1 aromatic rings. The van der Waals surface area contributed by atoms with Crippen LogP contribution < -0.4 is 10.0 Å². The number of sulfonamides is 1. The molecule has 8 heteroatoms. The molecular formula is C12H19N3O4S. The van der Waals surface area contributed by atoms with Crippen molar-refractivity contribution >= 4 is 15.7 Å². The van der Waals surface area contributed by atoms with Gasteiger partial charge in [0.15, 0.2) is 4.90 Å². The molecule has 20 heavy (non-hydrogen) atoms. The zero-order chi connectivity index (χ0) is 15.5. The number of hydrogen-bond donors (Lipinski definition) is 2. The maximum absolute atomic E-state index is 12.3. The Labute approximate surface area is 118 Å². The van der Waals surface area contributed by atoms with E-state index in [-0.39, 0.29) is 17.5 Å². The van der Waals surface area contributed by atoms with Gasteiger partial charge in [-0.2, -0.15) is 0 Å². The van der Waals surface area contributed by atoms with Gasteiger partial charge < -0.3 is 5.32 Å². The van der Waals surface area contributed by atoms with Gasteiger partial charge in [0, 0.05) is 18.7 Å². The minimum atomic E-state index is -3.93. The summed E-state index contributed by atoms with van der Waals surface area (Å²) in [5.41, 5.74) is 0.680. The van der Waals surface area contributed by atoms with E-state index in [9.17, 15) is 18.5 Å². The van der Waals surface area contributed by atoms with Crippen LogP contribution in [0, 0.1) is 24.0 Å². The first-order chi connectivity index (χ1) is 9.20. The average molecular weight is 301 g/mol. The number of nitrogens with one attached hydrogen (secondary N) is 2. The number of aryl methyl sites for hydroxylation is 1. The van der Waals surface area contributed by atoms with Gasteiger partial charge in [-0.15, -0.1) is 0 Å². The van der Waals surface area contributed by atoms with Gasteiger partial charge in [-0.25, -0.2) is 13.1 Å². The van der Waals surface area contributed by atoms with E-state index in [1.54, 1.807) is 33.9 Å². The molecule has 1 atom stereocenters. The van der Waals surface area contributed by atoms with Crippen LogP contribution in [0.1, 0.15) is 18.1 Å². The van der Waals surface area contributed by atoms with Crippen molar-refractivity contribution in [3.05, 3.63) is 33.4 Å². The summed E-state index contributed by atoms with van der Waals surface area (Å²) in [5, 5.41) is 13.9. The van der Waals surface area contributed by atoms with Crippen LogP contribution in [0.3, 0.4) is 0 Å². The summed E-state index contributed by atoms with van der Waals surface area (Å²) in [6, 6.07) is 2.69. The first-order valence-corrected chi connectivity index (χ1v) is 7.60. The van der Waals surface area contributed by atoms with E-state index < -0.39 is 20.6 Å². The Morgan fingerprint density at radius 2 is 1.95 bits per heavy atom. The average Bonchev–Trinajstić information content (AvgIpc) is 2.38. The first kappa shape index (κ1) is 16.5. The smallest absolute Gasteiger partial charge is 0.289 e. The summed E-state index contributed by atoms with van der Waals surface area (Å²) in [6.45, 7) is 5.25. The lowest BCUT2D eigenvalue weighted by molar-refractivity contribution is -0.387. The van der Waals surface area contributed by atoms with Crippen molar-refractivity contribution in [1.29, 1.82) is 0 Å². The summed E-state index contributed by atoms with van der Waals surface area (Å²) in [7, 11) is -2.22. The van der Waals surface area contributed by atoms with Crippen LogP contribution in [0.4, 0.5) is 5.69 Å². The summed E-state index contributed by atoms with van der Waals surface area (Å²) < 4.78 is 27.0. The monoisotopic (exact) mass is 301 g/mol. The maximum atomic E-state index is 12.3. The fourth-order valence-corrected chi connectivity index (χ4v) is 3.26. The van der Waals surface area contributed by atoms with Gasteiger partial charge in [0.2, 0.25) is 10.0 Å². The third-order valence-electron chi connectivity index (χ3n) is 3.19. The molecule has 0 saturated heterocycles. The van der Waals surface area contributed by atoms with E-state index in [0.29, 0.717) is 11.1 Å². The summed E-state index contributed by atoms with van der Waals surface area (Å²) in [4.78, 5) is 10.1. The molecule has 0 aliphatic heterocycles. The molecule has 0 radical (unpaired) electrons. The molecule has 7 nitrogen and oxygen atoms in total. The van der Waals surface area contributed by atoms with Crippen LogP contribution in [0.25, 0.3) is 0 Å². The highest BCUT2D eigenvalue weighted by Crippen LogP contribution is 2.29. The van der Waals surface area contributed by atoms with Gasteiger partial charge in [0.25, 0.3) is 5.69 Å².